The largest absolute Gasteiger partial charge is 0.233 e. The minimum absolute atomic E-state index is 0.269. The van der Waals surface area contributed by atoms with Gasteiger partial charge in [-0.05, 0) is 37.0 Å². The predicted molar refractivity (Wildman–Crippen MR) is 75.4 cm³/mol. The molecule has 1 aromatic carbocycles. The van der Waals surface area contributed by atoms with Gasteiger partial charge in [-0.3, -0.25) is 0 Å². The fourth-order valence-corrected chi connectivity index (χ4v) is 3.11. The first-order valence-electron chi connectivity index (χ1n) is 6.55. The van der Waals surface area contributed by atoms with E-state index in [2.05, 4.69) is 10.1 Å². The lowest BCUT2D eigenvalue weighted by Gasteiger charge is -2.05. The molecule has 2 aromatic heterocycles. The molecular weight excluding hydrogens is 277 g/mol. The van der Waals surface area contributed by atoms with Gasteiger partial charge in [0.05, 0.1) is 6.20 Å². The second-order valence-corrected chi connectivity index (χ2v) is 5.34. The van der Waals surface area contributed by atoms with Crippen molar-refractivity contribution in [1.29, 1.82) is 0 Å². The molecule has 3 aromatic rings. The standard InChI is InChI=1S/C15H11ClFN3/c16-14-11-5-2-6-13(11)19-15-12(8-18-20(14)15)9-3-1-4-10(17)7-9/h1,3-4,7-8H,2,5-6H2. The quantitative estimate of drug-likeness (QED) is 0.639. The Morgan fingerprint density at radius 1 is 1.25 bits per heavy atom. The van der Waals surface area contributed by atoms with Gasteiger partial charge in [0.25, 0.3) is 0 Å². The van der Waals surface area contributed by atoms with Gasteiger partial charge in [-0.15, -0.1) is 0 Å². The van der Waals surface area contributed by atoms with Gasteiger partial charge in [0, 0.05) is 16.8 Å². The number of aromatic nitrogens is 3. The Hall–Kier alpha value is -1.94. The lowest BCUT2D eigenvalue weighted by molar-refractivity contribution is 0.628. The Morgan fingerprint density at radius 3 is 3.00 bits per heavy atom. The molecule has 3 nitrogen and oxygen atoms in total. The minimum atomic E-state index is -0.269. The zero-order valence-corrected chi connectivity index (χ0v) is 11.4. The van der Waals surface area contributed by atoms with Gasteiger partial charge in [0.15, 0.2) is 5.65 Å². The monoisotopic (exact) mass is 287 g/mol. The topological polar surface area (TPSA) is 30.2 Å². The van der Waals surface area contributed by atoms with Crippen LogP contribution in [0.15, 0.2) is 30.5 Å². The highest BCUT2D eigenvalue weighted by atomic mass is 35.5. The summed E-state index contributed by atoms with van der Waals surface area (Å²) in [6, 6.07) is 6.44. The lowest BCUT2D eigenvalue weighted by Crippen LogP contribution is -1.99. The maximum atomic E-state index is 13.4. The lowest BCUT2D eigenvalue weighted by atomic mass is 10.1. The number of fused-ring (bicyclic) bond motifs is 2. The van der Waals surface area contributed by atoms with E-state index in [0.717, 1.165) is 41.6 Å². The van der Waals surface area contributed by atoms with E-state index in [1.165, 1.54) is 12.1 Å². The molecule has 100 valence electrons. The molecule has 0 aliphatic heterocycles. The van der Waals surface area contributed by atoms with Crippen molar-refractivity contribution in [2.45, 2.75) is 19.3 Å². The molecule has 0 saturated heterocycles. The van der Waals surface area contributed by atoms with Gasteiger partial charge < -0.3 is 0 Å². The number of rotatable bonds is 1. The average molecular weight is 288 g/mol. The maximum Gasteiger partial charge on any atom is 0.164 e. The summed E-state index contributed by atoms with van der Waals surface area (Å²) in [5, 5.41) is 4.93. The van der Waals surface area contributed by atoms with Crippen LogP contribution in [0.4, 0.5) is 4.39 Å². The summed E-state index contributed by atoms with van der Waals surface area (Å²) in [5.41, 5.74) is 4.40. The van der Waals surface area contributed by atoms with E-state index in [1.54, 1.807) is 16.8 Å². The van der Waals surface area contributed by atoms with E-state index in [0.29, 0.717) is 10.8 Å². The number of hydrogen-bond acceptors (Lipinski definition) is 2. The fraction of sp³-hybridized carbons (Fsp3) is 0.200. The van der Waals surface area contributed by atoms with Crippen LogP contribution in [0.2, 0.25) is 5.15 Å². The minimum Gasteiger partial charge on any atom is -0.233 e. The van der Waals surface area contributed by atoms with Crippen LogP contribution < -0.4 is 0 Å². The van der Waals surface area contributed by atoms with E-state index in [4.69, 9.17) is 11.6 Å². The van der Waals surface area contributed by atoms with Crippen molar-refractivity contribution in [3.8, 4) is 11.1 Å². The molecule has 1 aliphatic carbocycles. The van der Waals surface area contributed by atoms with Gasteiger partial charge in [0.1, 0.15) is 11.0 Å². The third-order valence-electron chi connectivity index (χ3n) is 3.74. The van der Waals surface area contributed by atoms with Crippen LogP contribution in [0.3, 0.4) is 0 Å². The van der Waals surface area contributed by atoms with Gasteiger partial charge in [-0.25, -0.2) is 13.9 Å². The van der Waals surface area contributed by atoms with Gasteiger partial charge in [0.2, 0.25) is 0 Å². The van der Waals surface area contributed by atoms with Gasteiger partial charge in [-0.1, -0.05) is 23.7 Å². The van der Waals surface area contributed by atoms with Crippen molar-refractivity contribution in [3.63, 3.8) is 0 Å². The summed E-state index contributed by atoms with van der Waals surface area (Å²) in [6.07, 6.45) is 4.66. The van der Waals surface area contributed by atoms with E-state index in [1.807, 2.05) is 6.07 Å². The van der Waals surface area contributed by atoms with Crippen molar-refractivity contribution in [1.82, 2.24) is 14.6 Å². The molecule has 0 N–H and O–H groups in total. The summed E-state index contributed by atoms with van der Waals surface area (Å²) < 4.78 is 15.0. The van der Waals surface area contributed by atoms with Crippen molar-refractivity contribution < 1.29 is 4.39 Å². The predicted octanol–water partition coefficient (Wildman–Crippen LogP) is 3.68. The van der Waals surface area contributed by atoms with E-state index in [-0.39, 0.29) is 5.82 Å². The number of benzene rings is 1. The van der Waals surface area contributed by atoms with Crippen molar-refractivity contribution in [2.75, 3.05) is 0 Å². The Bertz CT molecular complexity index is 825. The van der Waals surface area contributed by atoms with Crippen LogP contribution in [0.25, 0.3) is 16.8 Å². The van der Waals surface area contributed by atoms with Crippen molar-refractivity contribution in [2.24, 2.45) is 0 Å². The van der Waals surface area contributed by atoms with Crippen LogP contribution in [0.5, 0.6) is 0 Å². The molecule has 20 heavy (non-hydrogen) atoms. The molecule has 0 unspecified atom stereocenters. The second-order valence-electron chi connectivity index (χ2n) is 4.99. The van der Waals surface area contributed by atoms with Crippen LogP contribution in [-0.2, 0) is 12.8 Å². The highest BCUT2D eigenvalue weighted by Crippen LogP contribution is 2.32. The molecular formula is C15H11ClFN3. The normalized spacial score (nSPS) is 13.9. The Morgan fingerprint density at radius 2 is 2.15 bits per heavy atom. The molecule has 1 aliphatic rings. The highest BCUT2D eigenvalue weighted by molar-refractivity contribution is 6.30. The van der Waals surface area contributed by atoms with Crippen LogP contribution >= 0.6 is 11.6 Å². The number of aryl methyl sites for hydroxylation is 1. The van der Waals surface area contributed by atoms with E-state index >= 15 is 0 Å². The fourth-order valence-electron chi connectivity index (χ4n) is 2.78. The highest BCUT2D eigenvalue weighted by Gasteiger charge is 2.21. The SMILES string of the molecule is Fc1cccc(-c2cnn3c(Cl)c4c(nc23)CCC4)c1. The molecule has 2 heterocycles. The van der Waals surface area contributed by atoms with Crippen molar-refractivity contribution >= 4 is 17.2 Å². The summed E-state index contributed by atoms with van der Waals surface area (Å²) in [5.74, 6) is -0.269. The molecule has 0 radical (unpaired) electrons. The zero-order chi connectivity index (χ0) is 13.7. The number of halogens is 2. The molecule has 0 amide bonds. The first kappa shape index (κ1) is 11.9. The summed E-state index contributed by atoms with van der Waals surface area (Å²) in [6.45, 7) is 0. The third-order valence-corrected chi connectivity index (χ3v) is 4.13. The first-order chi connectivity index (χ1) is 9.74. The maximum absolute atomic E-state index is 13.4. The average Bonchev–Trinajstić information content (AvgIpc) is 3.05. The summed E-state index contributed by atoms with van der Waals surface area (Å²) in [4.78, 5) is 4.68. The Balaban J connectivity index is 2.00. The third kappa shape index (κ3) is 1.64. The second kappa shape index (κ2) is 4.28. The van der Waals surface area contributed by atoms with Gasteiger partial charge in [-0.2, -0.15) is 5.10 Å². The molecule has 0 spiro atoms. The van der Waals surface area contributed by atoms with E-state index < -0.39 is 0 Å². The van der Waals surface area contributed by atoms with E-state index in [9.17, 15) is 4.39 Å². The van der Waals surface area contributed by atoms with Crippen molar-refractivity contribution in [3.05, 3.63) is 52.7 Å². The molecule has 0 fully saturated rings. The number of nitrogens with zero attached hydrogens (tertiary/aromatic N) is 3. The zero-order valence-electron chi connectivity index (χ0n) is 10.6. The molecule has 0 saturated carbocycles. The summed E-state index contributed by atoms with van der Waals surface area (Å²) in [7, 11) is 0. The van der Waals surface area contributed by atoms with Crippen LogP contribution in [-0.4, -0.2) is 14.6 Å². The smallest absolute Gasteiger partial charge is 0.164 e. The molecule has 0 atom stereocenters. The Kier molecular flexibility index (Phi) is 2.54. The number of hydrogen-bond donors (Lipinski definition) is 0. The van der Waals surface area contributed by atoms with Crippen LogP contribution in [0, 0.1) is 5.82 Å². The first-order valence-corrected chi connectivity index (χ1v) is 6.93. The van der Waals surface area contributed by atoms with Gasteiger partial charge >= 0.3 is 0 Å². The summed E-state index contributed by atoms with van der Waals surface area (Å²) >= 11 is 6.41. The molecule has 4 rings (SSSR count). The molecule has 0 bridgehead atoms. The molecule has 5 heteroatoms. The van der Waals surface area contributed by atoms with Crippen LogP contribution in [0.1, 0.15) is 17.7 Å². The Labute approximate surface area is 120 Å².